The van der Waals surface area contributed by atoms with Crippen LogP contribution < -0.4 is 5.73 Å². The van der Waals surface area contributed by atoms with Gasteiger partial charge in [0.15, 0.2) is 0 Å². The third kappa shape index (κ3) is 3.70. The molecule has 3 nitrogen and oxygen atoms in total. The van der Waals surface area contributed by atoms with E-state index in [0.29, 0.717) is 5.82 Å². The topological polar surface area (TPSA) is 51.8 Å². The lowest BCUT2D eigenvalue weighted by Gasteiger charge is -2.12. The van der Waals surface area contributed by atoms with Crippen LogP contribution in [0.2, 0.25) is 0 Å². The number of nitrogens with zero attached hydrogens (tertiary/aromatic N) is 2. The van der Waals surface area contributed by atoms with Crippen molar-refractivity contribution in [3.05, 3.63) is 70.0 Å². The zero-order valence-electron chi connectivity index (χ0n) is 14.5. The van der Waals surface area contributed by atoms with Crippen molar-refractivity contribution in [2.45, 2.75) is 25.7 Å². The average molecular weight is 406 g/mol. The molecule has 3 aromatic rings. The molecule has 0 saturated heterocycles. The Labute approximate surface area is 161 Å². The first-order chi connectivity index (χ1) is 12.7. The minimum atomic E-state index is 0.537. The van der Waals surface area contributed by atoms with Crippen LogP contribution in [0.5, 0.6) is 0 Å². The van der Waals surface area contributed by atoms with Gasteiger partial charge in [0.2, 0.25) is 0 Å². The van der Waals surface area contributed by atoms with Gasteiger partial charge in [0.1, 0.15) is 5.82 Å². The van der Waals surface area contributed by atoms with E-state index in [2.05, 4.69) is 56.2 Å². The number of anilines is 1. The van der Waals surface area contributed by atoms with Crippen LogP contribution in [0.1, 0.15) is 42.4 Å². The van der Waals surface area contributed by atoms with Crippen molar-refractivity contribution in [2.24, 2.45) is 0 Å². The largest absolute Gasteiger partial charge is 0.383 e. The molecular formula is C22H20BrN3. The van der Waals surface area contributed by atoms with E-state index in [4.69, 9.17) is 5.73 Å². The van der Waals surface area contributed by atoms with Gasteiger partial charge in [-0.3, -0.25) is 4.98 Å². The monoisotopic (exact) mass is 405 g/mol. The predicted molar refractivity (Wildman–Crippen MR) is 113 cm³/mol. The number of hydrogen-bond donors (Lipinski definition) is 1. The molecule has 2 aromatic heterocycles. The average Bonchev–Trinajstić information content (AvgIpc) is 2.67. The molecule has 1 aromatic carbocycles. The Hall–Kier alpha value is -2.46. The summed E-state index contributed by atoms with van der Waals surface area (Å²) in [6, 6.07) is 10.3. The number of rotatable bonds is 3. The maximum absolute atomic E-state index is 6.14. The number of benzene rings is 1. The van der Waals surface area contributed by atoms with E-state index in [1.54, 1.807) is 0 Å². The molecule has 2 N–H and O–H groups in total. The Morgan fingerprint density at radius 1 is 1.04 bits per heavy atom. The minimum absolute atomic E-state index is 0.537. The molecule has 130 valence electrons. The Balaban J connectivity index is 1.64. The van der Waals surface area contributed by atoms with Crippen LogP contribution in [0.25, 0.3) is 28.6 Å². The van der Waals surface area contributed by atoms with Gasteiger partial charge in [-0.05, 0) is 72.7 Å². The van der Waals surface area contributed by atoms with Crippen LogP contribution >= 0.6 is 15.9 Å². The van der Waals surface area contributed by atoms with Crippen LogP contribution in [0.3, 0.4) is 0 Å². The standard InChI is InChI=1S/C22H20BrN3/c23-20-8-9-21-18(12-20)11-17(22(24)26-21)7-6-15-10-19(14-25-13-15)16-4-2-1-3-5-16/h4,6-14H,1-3,5H2,(H2,24,26)/b7-6+. The molecule has 0 bridgehead atoms. The zero-order chi connectivity index (χ0) is 17.9. The van der Waals surface area contributed by atoms with Crippen molar-refractivity contribution in [3.8, 4) is 0 Å². The molecule has 1 aliphatic carbocycles. The van der Waals surface area contributed by atoms with Crippen LogP contribution in [-0.4, -0.2) is 9.97 Å². The molecule has 2 heterocycles. The normalized spacial score (nSPS) is 14.7. The number of pyridine rings is 2. The third-order valence-electron chi connectivity index (χ3n) is 4.71. The summed E-state index contributed by atoms with van der Waals surface area (Å²) in [6.07, 6.45) is 15.1. The van der Waals surface area contributed by atoms with Crippen LogP contribution in [0, 0.1) is 0 Å². The number of nitrogen functional groups attached to an aromatic ring is 1. The molecule has 0 unspecified atom stereocenters. The summed E-state index contributed by atoms with van der Waals surface area (Å²) in [5, 5.41) is 1.06. The van der Waals surface area contributed by atoms with E-state index in [1.165, 1.54) is 30.4 Å². The van der Waals surface area contributed by atoms with E-state index in [0.717, 1.165) is 32.9 Å². The quantitative estimate of drug-likeness (QED) is 0.572. The van der Waals surface area contributed by atoms with Gasteiger partial charge in [0.25, 0.3) is 0 Å². The number of hydrogen-bond acceptors (Lipinski definition) is 3. The molecule has 0 atom stereocenters. The zero-order valence-corrected chi connectivity index (χ0v) is 16.0. The molecule has 0 radical (unpaired) electrons. The number of halogens is 1. The van der Waals surface area contributed by atoms with Crippen molar-refractivity contribution < 1.29 is 0 Å². The molecule has 0 fully saturated rings. The molecular weight excluding hydrogens is 386 g/mol. The maximum atomic E-state index is 6.14. The first kappa shape index (κ1) is 17.0. The highest BCUT2D eigenvalue weighted by Crippen LogP contribution is 2.27. The molecule has 26 heavy (non-hydrogen) atoms. The number of allylic oxidation sites excluding steroid dienone is 2. The third-order valence-corrected chi connectivity index (χ3v) is 5.21. The molecule has 0 saturated carbocycles. The number of nitrogens with two attached hydrogens (primary N) is 1. The summed E-state index contributed by atoms with van der Waals surface area (Å²) < 4.78 is 1.03. The highest BCUT2D eigenvalue weighted by molar-refractivity contribution is 9.10. The van der Waals surface area contributed by atoms with Crippen molar-refractivity contribution in [1.29, 1.82) is 0 Å². The summed E-state index contributed by atoms with van der Waals surface area (Å²) >= 11 is 3.51. The van der Waals surface area contributed by atoms with E-state index in [9.17, 15) is 0 Å². The fourth-order valence-corrected chi connectivity index (χ4v) is 3.70. The summed E-state index contributed by atoms with van der Waals surface area (Å²) in [4.78, 5) is 8.91. The van der Waals surface area contributed by atoms with Gasteiger partial charge >= 0.3 is 0 Å². The molecule has 4 rings (SSSR count). The Bertz CT molecular complexity index is 1020. The van der Waals surface area contributed by atoms with Gasteiger partial charge in [-0.15, -0.1) is 0 Å². The summed E-state index contributed by atoms with van der Waals surface area (Å²) in [6.45, 7) is 0. The predicted octanol–water partition coefficient (Wildman–Crippen LogP) is 6.10. The van der Waals surface area contributed by atoms with Crippen molar-refractivity contribution >= 4 is 50.4 Å². The van der Waals surface area contributed by atoms with Crippen LogP contribution in [-0.2, 0) is 0 Å². The van der Waals surface area contributed by atoms with Gasteiger partial charge in [-0.2, -0.15) is 0 Å². The first-order valence-electron chi connectivity index (χ1n) is 8.87. The Kier molecular flexibility index (Phi) is 4.85. The van der Waals surface area contributed by atoms with Crippen LogP contribution in [0.15, 0.2) is 53.3 Å². The summed E-state index contributed by atoms with van der Waals surface area (Å²) in [5.41, 5.74) is 11.7. The van der Waals surface area contributed by atoms with Gasteiger partial charge in [0, 0.05) is 27.8 Å². The van der Waals surface area contributed by atoms with E-state index in [1.807, 2.05) is 30.6 Å². The second-order valence-electron chi connectivity index (χ2n) is 6.62. The molecule has 4 heteroatoms. The first-order valence-corrected chi connectivity index (χ1v) is 9.67. The summed E-state index contributed by atoms with van der Waals surface area (Å²) in [7, 11) is 0. The lowest BCUT2D eigenvalue weighted by atomic mass is 9.94. The van der Waals surface area contributed by atoms with Gasteiger partial charge in [-0.25, -0.2) is 4.98 Å². The van der Waals surface area contributed by atoms with E-state index in [-0.39, 0.29) is 0 Å². The number of aromatic nitrogens is 2. The molecule has 0 spiro atoms. The SMILES string of the molecule is Nc1nc2ccc(Br)cc2cc1/C=C/c1cncc(C2=CCCCC2)c1. The number of fused-ring (bicyclic) bond motifs is 1. The highest BCUT2D eigenvalue weighted by Gasteiger charge is 2.07. The van der Waals surface area contributed by atoms with Crippen molar-refractivity contribution in [2.75, 3.05) is 5.73 Å². The fourth-order valence-electron chi connectivity index (χ4n) is 3.32. The molecule has 0 aliphatic heterocycles. The summed E-state index contributed by atoms with van der Waals surface area (Å²) in [5.74, 6) is 0.537. The molecule has 1 aliphatic rings. The van der Waals surface area contributed by atoms with Crippen molar-refractivity contribution in [1.82, 2.24) is 9.97 Å². The fraction of sp³-hybridized carbons (Fsp3) is 0.182. The highest BCUT2D eigenvalue weighted by atomic mass is 79.9. The van der Waals surface area contributed by atoms with Crippen molar-refractivity contribution in [3.63, 3.8) is 0 Å². The van der Waals surface area contributed by atoms with Crippen LogP contribution in [0.4, 0.5) is 5.82 Å². The van der Waals surface area contributed by atoms with Gasteiger partial charge in [0.05, 0.1) is 5.52 Å². The van der Waals surface area contributed by atoms with Gasteiger partial charge < -0.3 is 5.73 Å². The maximum Gasteiger partial charge on any atom is 0.131 e. The lowest BCUT2D eigenvalue weighted by molar-refractivity contribution is 0.741. The smallest absolute Gasteiger partial charge is 0.131 e. The minimum Gasteiger partial charge on any atom is -0.383 e. The second-order valence-corrected chi connectivity index (χ2v) is 7.53. The Morgan fingerprint density at radius 3 is 2.81 bits per heavy atom. The lowest BCUT2D eigenvalue weighted by Crippen LogP contribution is -1.95. The second kappa shape index (κ2) is 7.42. The van der Waals surface area contributed by atoms with Gasteiger partial charge in [-0.1, -0.05) is 34.2 Å². The molecule has 0 amide bonds. The van der Waals surface area contributed by atoms with E-state index < -0.39 is 0 Å². The van der Waals surface area contributed by atoms with E-state index >= 15 is 0 Å². The Morgan fingerprint density at radius 2 is 1.96 bits per heavy atom.